The number of nitrogens with two attached hydrogens (primary N) is 1. The largest absolute Gasteiger partial charge is 0.330 e. The molecule has 0 aliphatic rings. The quantitative estimate of drug-likeness (QED) is 0.701. The summed E-state index contributed by atoms with van der Waals surface area (Å²) in [4.78, 5) is 0. The Morgan fingerprint density at radius 1 is 1.27 bits per heavy atom. The van der Waals surface area contributed by atoms with Crippen molar-refractivity contribution in [3.05, 3.63) is 24.3 Å². The van der Waals surface area contributed by atoms with Gasteiger partial charge in [0.25, 0.3) is 0 Å². The lowest BCUT2D eigenvalue weighted by Crippen LogP contribution is -2.41. The van der Waals surface area contributed by atoms with Gasteiger partial charge < -0.3 is 5.73 Å². The SMILES string of the molecule is C=C/C(=C\C)C(CN)C(C)(C)C(C)(C)C. The van der Waals surface area contributed by atoms with Crippen molar-refractivity contribution in [1.82, 2.24) is 0 Å². The topological polar surface area (TPSA) is 26.0 Å². The number of allylic oxidation sites excluding steroid dienone is 2. The molecule has 0 aromatic rings. The van der Waals surface area contributed by atoms with Crippen molar-refractivity contribution < 1.29 is 0 Å². The summed E-state index contributed by atoms with van der Waals surface area (Å²) >= 11 is 0. The summed E-state index contributed by atoms with van der Waals surface area (Å²) in [5.41, 5.74) is 7.58. The molecule has 0 radical (unpaired) electrons. The van der Waals surface area contributed by atoms with Gasteiger partial charge in [-0.2, -0.15) is 0 Å². The van der Waals surface area contributed by atoms with E-state index in [2.05, 4.69) is 54.2 Å². The first-order valence-electron chi connectivity index (χ1n) is 5.71. The molecule has 1 unspecified atom stereocenters. The van der Waals surface area contributed by atoms with E-state index in [1.165, 1.54) is 5.57 Å². The molecule has 0 saturated carbocycles. The molecule has 1 nitrogen and oxygen atoms in total. The maximum Gasteiger partial charge on any atom is 0.00139 e. The molecular formula is C14H27N. The van der Waals surface area contributed by atoms with Crippen LogP contribution in [0.15, 0.2) is 24.3 Å². The van der Waals surface area contributed by atoms with E-state index in [-0.39, 0.29) is 10.8 Å². The smallest absolute Gasteiger partial charge is 0.00139 e. The molecule has 1 heteroatoms. The van der Waals surface area contributed by atoms with Gasteiger partial charge in [0, 0.05) is 5.92 Å². The predicted molar refractivity (Wildman–Crippen MR) is 69.7 cm³/mol. The van der Waals surface area contributed by atoms with Crippen molar-refractivity contribution in [3.8, 4) is 0 Å². The molecule has 0 amide bonds. The summed E-state index contributed by atoms with van der Waals surface area (Å²) in [6.07, 6.45) is 4.06. The van der Waals surface area contributed by atoms with Gasteiger partial charge in [0.05, 0.1) is 0 Å². The molecule has 0 rings (SSSR count). The van der Waals surface area contributed by atoms with Crippen molar-refractivity contribution in [2.75, 3.05) is 6.54 Å². The highest BCUT2D eigenvalue weighted by atomic mass is 14.6. The Morgan fingerprint density at radius 2 is 1.73 bits per heavy atom. The minimum absolute atomic E-state index is 0.164. The van der Waals surface area contributed by atoms with Crippen LogP contribution in [0.5, 0.6) is 0 Å². The van der Waals surface area contributed by atoms with Gasteiger partial charge >= 0.3 is 0 Å². The van der Waals surface area contributed by atoms with Crippen LogP contribution in [-0.4, -0.2) is 6.54 Å². The Labute approximate surface area is 95.4 Å². The fourth-order valence-electron chi connectivity index (χ4n) is 1.83. The third-order valence-corrected chi connectivity index (χ3v) is 4.01. The summed E-state index contributed by atoms with van der Waals surface area (Å²) in [6, 6.07) is 0. The Balaban J connectivity index is 5.22. The van der Waals surface area contributed by atoms with Gasteiger partial charge in [0.15, 0.2) is 0 Å². The van der Waals surface area contributed by atoms with E-state index >= 15 is 0 Å². The zero-order valence-corrected chi connectivity index (χ0v) is 11.2. The normalized spacial score (nSPS) is 16.3. The molecule has 2 N–H and O–H groups in total. The minimum atomic E-state index is 0.164. The van der Waals surface area contributed by atoms with E-state index in [0.717, 1.165) is 0 Å². The second-order valence-corrected chi connectivity index (χ2v) is 5.75. The monoisotopic (exact) mass is 209 g/mol. The lowest BCUT2D eigenvalue weighted by Gasteiger charge is -2.45. The maximum absolute atomic E-state index is 5.92. The van der Waals surface area contributed by atoms with E-state index in [0.29, 0.717) is 12.5 Å². The molecule has 0 heterocycles. The van der Waals surface area contributed by atoms with Gasteiger partial charge in [-0.25, -0.2) is 0 Å². The summed E-state index contributed by atoms with van der Waals surface area (Å²) in [6.45, 7) is 18.0. The number of hydrogen-bond acceptors (Lipinski definition) is 1. The predicted octanol–water partition coefficient (Wildman–Crippen LogP) is 3.77. The fraction of sp³-hybridized carbons (Fsp3) is 0.714. The summed E-state index contributed by atoms with van der Waals surface area (Å²) in [5, 5.41) is 0. The first-order chi connectivity index (χ1) is 6.72. The Hall–Kier alpha value is -0.560. The van der Waals surface area contributed by atoms with Crippen molar-refractivity contribution >= 4 is 0 Å². The average molecular weight is 209 g/mol. The van der Waals surface area contributed by atoms with Crippen molar-refractivity contribution in [1.29, 1.82) is 0 Å². The minimum Gasteiger partial charge on any atom is -0.330 e. The first-order valence-corrected chi connectivity index (χ1v) is 5.71. The molecule has 0 aromatic heterocycles. The van der Waals surface area contributed by atoms with Gasteiger partial charge in [-0.15, -0.1) is 0 Å². The van der Waals surface area contributed by atoms with Crippen molar-refractivity contribution in [2.24, 2.45) is 22.5 Å². The highest BCUT2D eigenvalue weighted by molar-refractivity contribution is 5.22. The zero-order valence-electron chi connectivity index (χ0n) is 11.2. The third kappa shape index (κ3) is 2.94. The standard InChI is InChI=1S/C14H27N/c1-8-11(9-2)12(10-15)14(6,7)13(3,4)5/h8-9,12H,1,10,15H2,2-7H3/b11-9+. The molecule has 0 bridgehead atoms. The highest BCUT2D eigenvalue weighted by Gasteiger charge is 2.40. The molecule has 0 fully saturated rings. The van der Waals surface area contributed by atoms with Gasteiger partial charge in [0.1, 0.15) is 0 Å². The molecule has 0 aliphatic heterocycles. The van der Waals surface area contributed by atoms with Crippen LogP contribution in [0, 0.1) is 16.7 Å². The van der Waals surface area contributed by atoms with Crippen LogP contribution in [0.25, 0.3) is 0 Å². The van der Waals surface area contributed by atoms with E-state index in [4.69, 9.17) is 5.73 Å². The van der Waals surface area contributed by atoms with Gasteiger partial charge in [-0.1, -0.05) is 53.3 Å². The van der Waals surface area contributed by atoms with E-state index in [1.807, 2.05) is 6.08 Å². The maximum atomic E-state index is 5.92. The second-order valence-electron chi connectivity index (χ2n) is 5.75. The van der Waals surface area contributed by atoms with Gasteiger partial charge in [0.2, 0.25) is 0 Å². The summed E-state index contributed by atoms with van der Waals surface area (Å²) in [5.74, 6) is 0.375. The van der Waals surface area contributed by atoms with Crippen LogP contribution >= 0.6 is 0 Å². The lowest BCUT2D eigenvalue weighted by atomic mass is 9.60. The van der Waals surface area contributed by atoms with Crippen LogP contribution in [0.4, 0.5) is 0 Å². The second kappa shape index (κ2) is 4.98. The summed E-state index contributed by atoms with van der Waals surface area (Å²) < 4.78 is 0. The van der Waals surface area contributed by atoms with E-state index < -0.39 is 0 Å². The average Bonchev–Trinajstić information content (AvgIpc) is 2.11. The molecule has 0 aliphatic carbocycles. The Bertz CT molecular complexity index is 241. The fourth-order valence-corrected chi connectivity index (χ4v) is 1.83. The summed E-state index contributed by atoms with van der Waals surface area (Å²) in [7, 11) is 0. The third-order valence-electron chi connectivity index (χ3n) is 4.01. The Morgan fingerprint density at radius 3 is 1.93 bits per heavy atom. The van der Waals surface area contributed by atoms with Gasteiger partial charge in [-0.3, -0.25) is 0 Å². The van der Waals surface area contributed by atoms with Gasteiger partial charge in [-0.05, 0) is 29.9 Å². The first kappa shape index (κ1) is 14.4. The molecular weight excluding hydrogens is 182 g/mol. The highest BCUT2D eigenvalue weighted by Crippen LogP contribution is 2.46. The molecule has 1 atom stereocenters. The number of hydrogen-bond donors (Lipinski definition) is 1. The molecule has 88 valence electrons. The molecule has 0 saturated heterocycles. The van der Waals surface area contributed by atoms with Crippen LogP contribution in [0.2, 0.25) is 0 Å². The zero-order chi connectivity index (χ0) is 12.3. The van der Waals surface area contributed by atoms with E-state index in [1.54, 1.807) is 0 Å². The molecule has 0 spiro atoms. The number of rotatable bonds is 4. The van der Waals surface area contributed by atoms with Crippen molar-refractivity contribution in [2.45, 2.75) is 41.5 Å². The van der Waals surface area contributed by atoms with Crippen LogP contribution in [0.3, 0.4) is 0 Å². The lowest BCUT2D eigenvalue weighted by molar-refractivity contribution is 0.0786. The van der Waals surface area contributed by atoms with Crippen LogP contribution in [-0.2, 0) is 0 Å². The van der Waals surface area contributed by atoms with Crippen LogP contribution < -0.4 is 5.73 Å². The molecule has 15 heavy (non-hydrogen) atoms. The van der Waals surface area contributed by atoms with Crippen molar-refractivity contribution in [3.63, 3.8) is 0 Å². The molecule has 0 aromatic carbocycles. The Kier molecular flexibility index (Phi) is 4.79. The van der Waals surface area contributed by atoms with Crippen LogP contribution in [0.1, 0.15) is 41.5 Å². The van der Waals surface area contributed by atoms with E-state index in [9.17, 15) is 0 Å².